The number of aromatic nitrogens is 1. The molecule has 2 aromatic rings. The van der Waals surface area contributed by atoms with Gasteiger partial charge in [0.25, 0.3) is 0 Å². The number of hydrogen-bond acceptors (Lipinski definition) is 3. The maximum atomic E-state index is 10.7. The maximum Gasteiger partial charge on any atom is 0.374 e. The first-order valence-corrected chi connectivity index (χ1v) is 6.04. The monoisotopic (exact) mass is 263 g/mol. The summed E-state index contributed by atoms with van der Waals surface area (Å²) in [6, 6.07) is 5.24. The van der Waals surface area contributed by atoms with Crippen LogP contribution in [0.5, 0.6) is 0 Å². The average Bonchev–Trinajstić information content (AvgIpc) is 2.97. The summed E-state index contributed by atoms with van der Waals surface area (Å²) in [5.74, 6) is -1.29. The number of nitrogens with zero attached hydrogens (tertiary/aromatic N) is 1. The molecule has 4 nitrogen and oxygen atoms in total. The van der Waals surface area contributed by atoms with Gasteiger partial charge in [-0.1, -0.05) is 16.8 Å². The van der Waals surface area contributed by atoms with E-state index in [9.17, 15) is 4.79 Å². The molecule has 1 aliphatic carbocycles. The second-order valence-electron chi connectivity index (χ2n) is 4.33. The Kier molecular flexibility index (Phi) is 2.59. The second kappa shape index (κ2) is 4.14. The first-order chi connectivity index (χ1) is 8.65. The van der Waals surface area contributed by atoms with Gasteiger partial charge >= 0.3 is 5.97 Å². The van der Waals surface area contributed by atoms with E-state index >= 15 is 0 Å². The second-order valence-corrected chi connectivity index (χ2v) is 4.74. The minimum absolute atomic E-state index is 0.165. The van der Waals surface area contributed by atoms with Gasteiger partial charge in [0, 0.05) is 16.7 Å². The number of carbonyl (C=O) groups is 1. The third kappa shape index (κ3) is 1.78. The Labute approximate surface area is 108 Å². The number of fused-ring (bicyclic) bond motifs is 1. The summed E-state index contributed by atoms with van der Waals surface area (Å²) in [4.78, 5) is 10.7. The van der Waals surface area contributed by atoms with Crippen molar-refractivity contribution in [3.05, 3.63) is 40.1 Å². The zero-order chi connectivity index (χ0) is 12.7. The van der Waals surface area contributed by atoms with Crippen LogP contribution < -0.4 is 0 Å². The molecule has 5 heteroatoms. The summed E-state index contributed by atoms with van der Waals surface area (Å²) in [5.41, 5.74) is 3.72. The SMILES string of the molecule is O=C(O)c1cc(-c2cc(Cl)c3c(c2)CCC3)no1. The lowest BCUT2D eigenvalue weighted by Gasteiger charge is -2.04. The molecule has 1 aromatic carbocycles. The minimum Gasteiger partial charge on any atom is -0.475 e. The Morgan fingerprint density at radius 1 is 1.33 bits per heavy atom. The van der Waals surface area contributed by atoms with Crippen molar-refractivity contribution in [1.82, 2.24) is 5.16 Å². The smallest absolute Gasteiger partial charge is 0.374 e. The van der Waals surface area contributed by atoms with Crippen LogP contribution in [0.3, 0.4) is 0 Å². The van der Waals surface area contributed by atoms with Gasteiger partial charge < -0.3 is 9.63 Å². The molecule has 0 unspecified atom stereocenters. The fourth-order valence-electron chi connectivity index (χ4n) is 2.31. The lowest BCUT2D eigenvalue weighted by molar-refractivity contribution is 0.0652. The summed E-state index contributed by atoms with van der Waals surface area (Å²) in [6.07, 6.45) is 3.12. The third-order valence-electron chi connectivity index (χ3n) is 3.18. The van der Waals surface area contributed by atoms with Gasteiger partial charge in [-0.3, -0.25) is 0 Å². The Morgan fingerprint density at radius 3 is 2.89 bits per heavy atom. The number of hydrogen-bond donors (Lipinski definition) is 1. The number of carboxylic acid groups (broad SMARTS) is 1. The summed E-state index contributed by atoms with van der Waals surface area (Å²) >= 11 is 6.22. The van der Waals surface area contributed by atoms with E-state index in [0.29, 0.717) is 5.69 Å². The highest BCUT2D eigenvalue weighted by molar-refractivity contribution is 6.31. The van der Waals surface area contributed by atoms with Crippen LogP contribution in [0.25, 0.3) is 11.3 Å². The normalized spacial score (nSPS) is 13.6. The Hall–Kier alpha value is -1.81. The molecule has 1 aromatic heterocycles. The van der Waals surface area contributed by atoms with Gasteiger partial charge in [-0.2, -0.15) is 0 Å². The molecular formula is C13H10ClNO3. The zero-order valence-electron chi connectivity index (χ0n) is 9.44. The summed E-state index contributed by atoms with van der Waals surface area (Å²) in [7, 11) is 0. The molecule has 0 bridgehead atoms. The minimum atomic E-state index is -1.12. The molecule has 0 saturated carbocycles. The number of carboxylic acids is 1. The first kappa shape index (κ1) is 11.3. The summed E-state index contributed by atoms with van der Waals surface area (Å²) in [6.45, 7) is 0. The fourth-order valence-corrected chi connectivity index (χ4v) is 2.65. The van der Waals surface area contributed by atoms with Crippen LogP contribution in [0.2, 0.25) is 5.02 Å². The molecule has 0 radical (unpaired) electrons. The summed E-state index contributed by atoms with van der Waals surface area (Å²) in [5, 5.41) is 13.3. The van der Waals surface area contributed by atoms with Crippen molar-refractivity contribution in [3.63, 3.8) is 0 Å². The lowest BCUT2D eigenvalue weighted by Crippen LogP contribution is -1.91. The van der Waals surface area contributed by atoms with Crippen LogP contribution in [0.1, 0.15) is 28.1 Å². The molecule has 0 saturated heterocycles. The van der Waals surface area contributed by atoms with Gasteiger partial charge in [0.1, 0.15) is 5.69 Å². The molecule has 0 amide bonds. The fraction of sp³-hybridized carbons (Fsp3) is 0.231. The van der Waals surface area contributed by atoms with E-state index in [1.165, 1.54) is 17.2 Å². The quantitative estimate of drug-likeness (QED) is 0.904. The highest BCUT2D eigenvalue weighted by atomic mass is 35.5. The Bertz CT molecular complexity index is 633. The van der Waals surface area contributed by atoms with Crippen molar-refractivity contribution in [1.29, 1.82) is 0 Å². The largest absolute Gasteiger partial charge is 0.475 e. The van der Waals surface area contributed by atoms with Gasteiger partial charge in [-0.25, -0.2) is 4.79 Å². The molecule has 0 spiro atoms. The molecule has 1 N–H and O–H groups in total. The van der Waals surface area contributed by atoms with Crippen LogP contribution in [-0.2, 0) is 12.8 Å². The number of aromatic carboxylic acids is 1. The van der Waals surface area contributed by atoms with Gasteiger partial charge in [0.15, 0.2) is 0 Å². The highest BCUT2D eigenvalue weighted by Gasteiger charge is 2.18. The molecule has 18 heavy (non-hydrogen) atoms. The molecule has 1 heterocycles. The van der Waals surface area contributed by atoms with Gasteiger partial charge in [0.2, 0.25) is 5.76 Å². The van der Waals surface area contributed by atoms with E-state index in [4.69, 9.17) is 21.2 Å². The van der Waals surface area contributed by atoms with Crippen LogP contribution in [-0.4, -0.2) is 16.2 Å². The van der Waals surface area contributed by atoms with E-state index in [1.807, 2.05) is 12.1 Å². The number of halogens is 1. The van der Waals surface area contributed by atoms with Crippen LogP contribution in [0.4, 0.5) is 0 Å². The molecular weight excluding hydrogens is 254 g/mol. The average molecular weight is 264 g/mol. The van der Waals surface area contributed by atoms with Crippen molar-refractivity contribution in [2.75, 3.05) is 0 Å². The van der Waals surface area contributed by atoms with Crippen LogP contribution in [0.15, 0.2) is 22.7 Å². The van der Waals surface area contributed by atoms with Crippen LogP contribution in [0, 0.1) is 0 Å². The summed E-state index contributed by atoms with van der Waals surface area (Å²) < 4.78 is 4.75. The van der Waals surface area contributed by atoms with E-state index in [-0.39, 0.29) is 5.76 Å². The molecule has 0 fully saturated rings. The van der Waals surface area contributed by atoms with E-state index in [1.54, 1.807) is 0 Å². The van der Waals surface area contributed by atoms with Crippen molar-refractivity contribution >= 4 is 17.6 Å². The zero-order valence-corrected chi connectivity index (χ0v) is 10.2. The first-order valence-electron chi connectivity index (χ1n) is 5.67. The third-order valence-corrected chi connectivity index (χ3v) is 3.51. The Balaban J connectivity index is 2.06. The number of benzene rings is 1. The van der Waals surface area contributed by atoms with Crippen molar-refractivity contribution < 1.29 is 14.4 Å². The van der Waals surface area contributed by atoms with Gasteiger partial charge in [0.05, 0.1) is 0 Å². The maximum absolute atomic E-state index is 10.7. The Morgan fingerprint density at radius 2 is 2.17 bits per heavy atom. The molecule has 0 aliphatic heterocycles. The standard InChI is InChI=1S/C13H10ClNO3/c14-10-5-8(4-7-2-1-3-9(7)10)11-6-12(13(16)17)18-15-11/h4-6H,1-3H2,(H,16,17). The predicted molar refractivity (Wildman–Crippen MR) is 65.9 cm³/mol. The number of aryl methyl sites for hydroxylation is 1. The van der Waals surface area contributed by atoms with Gasteiger partial charge in [-0.15, -0.1) is 0 Å². The van der Waals surface area contributed by atoms with E-state index in [2.05, 4.69) is 5.16 Å². The molecule has 92 valence electrons. The van der Waals surface area contributed by atoms with Crippen molar-refractivity contribution in [2.45, 2.75) is 19.3 Å². The molecule has 3 rings (SSSR count). The number of rotatable bonds is 2. The van der Waals surface area contributed by atoms with E-state index < -0.39 is 5.97 Å². The lowest BCUT2D eigenvalue weighted by atomic mass is 10.0. The molecule has 1 aliphatic rings. The van der Waals surface area contributed by atoms with E-state index in [0.717, 1.165) is 29.8 Å². The van der Waals surface area contributed by atoms with Gasteiger partial charge in [-0.05, 0) is 42.5 Å². The van der Waals surface area contributed by atoms with Crippen LogP contribution >= 0.6 is 11.6 Å². The topological polar surface area (TPSA) is 63.3 Å². The predicted octanol–water partition coefficient (Wildman–Crippen LogP) is 3.18. The van der Waals surface area contributed by atoms with Crippen molar-refractivity contribution in [2.24, 2.45) is 0 Å². The highest BCUT2D eigenvalue weighted by Crippen LogP contribution is 2.33. The van der Waals surface area contributed by atoms with Crippen molar-refractivity contribution in [3.8, 4) is 11.3 Å². The molecule has 0 atom stereocenters.